The molecule has 1 aliphatic carbocycles. The van der Waals surface area contributed by atoms with Gasteiger partial charge >= 0.3 is 0 Å². The second-order valence-electron chi connectivity index (χ2n) is 16.0. The smallest absolute Gasteiger partial charge is 0.164 e. The van der Waals surface area contributed by atoms with E-state index >= 15 is 0 Å². The van der Waals surface area contributed by atoms with Crippen LogP contribution in [0, 0.1) is 0 Å². The van der Waals surface area contributed by atoms with Gasteiger partial charge < -0.3 is 4.57 Å². The molecule has 0 bridgehead atoms. The fraction of sp³-hybridized carbons (Fsp3) is 0.0172. The Bertz CT molecular complexity index is 3320. The standard InChI is InChI=1S/C58H38N4/c1-6-18-39(19-7-1)43-32-35-48-50-37-49-47-28-16-17-29-51(47)58(44-24-12-4-13-25-44,45-26-14-5-15-27-45)52(49)38-54(50)62(53(48)36-43)46-33-30-42(31-34-46)57-60-55(40-20-8-2-9-21-40)59-56(61-57)41-22-10-3-11-23-41/h1-38H. The van der Waals surface area contributed by atoms with Crippen molar-refractivity contribution in [3.63, 3.8) is 0 Å². The van der Waals surface area contributed by atoms with Gasteiger partial charge in [-0.3, -0.25) is 0 Å². The van der Waals surface area contributed by atoms with E-state index in [1.807, 2.05) is 60.7 Å². The van der Waals surface area contributed by atoms with Crippen molar-refractivity contribution in [3.05, 3.63) is 253 Å². The summed E-state index contributed by atoms with van der Waals surface area (Å²) >= 11 is 0. The molecule has 0 radical (unpaired) electrons. The summed E-state index contributed by atoms with van der Waals surface area (Å²) in [5, 5.41) is 2.42. The molecule has 0 unspecified atom stereocenters. The van der Waals surface area contributed by atoms with Gasteiger partial charge in [-0.05, 0) is 87.0 Å². The number of nitrogens with zero attached hydrogens (tertiary/aromatic N) is 4. The lowest BCUT2D eigenvalue weighted by molar-refractivity contribution is 0.769. The van der Waals surface area contributed by atoms with Crippen LogP contribution in [-0.2, 0) is 5.41 Å². The molecular formula is C58H38N4. The van der Waals surface area contributed by atoms with Crippen LogP contribution in [0.5, 0.6) is 0 Å². The summed E-state index contributed by atoms with van der Waals surface area (Å²) in [6.07, 6.45) is 0. The number of fused-ring (bicyclic) bond motifs is 6. The largest absolute Gasteiger partial charge is 0.309 e. The minimum Gasteiger partial charge on any atom is -0.309 e. The number of aromatic nitrogens is 4. The molecule has 0 aliphatic heterocycles. The van der Waals surface area contributed by atoms with E-state index < -0.39 is 5.41 Å². The Kier molecular flexibility index (Phi) is 8.36. The lowest BCUT2D eigenvalue weighted by Crippen LogP contribution is -2.28. The summed E-state index contributed by atoms with van der Waals surface area (Å²) in [6, 6.07) is 82.5. The van der Waals surface area contributed by atoms with Crippen molar-refractivity contribution >= 4 is 21.8 Å². The molecule has 2 heterocycles. The predicted octanol–water partition coefficient (Wildman–Crippen LogP) is 14.0. The van der Waals surface area contributed by atoms with Crippen LogP contribution in [0.25, 0.3) is 83.9 Å². The number of benzene rings is 9. The van der Waals surface area contributed by atoms with Gasteiger partial charge in [-0.1, -0.05) is 188 Å². The monoisotopic (exact) mass is 790 g/mol. The van der Waals surface area contributed by atoms with Crippen molar-refractivity contribution < 1.29 is 0 Å². The zero-order valence-electron chi connectivity index (χ0n) is 33.7. The summed E-state index contributed by atoms with van der Waals surface area (Å²) < 4.78 is 2.45. The van der Waals surface area contributed by atoms with Gasteiger partial charge in [-0.15, -0.1) is 0 Å². The Balaban J connectivity index is 1.10. The molecule has 9 aromatic carbocycles. The quantitative estimate of drug-likeness (QED) is 0.161. The molecule has 12 rings (SSSR count). The lowest BCUT2D eigenvalue weighted by atomic mass is 9.67. The Morgan fingerprint density at radius 3 is 1.32 bits per heavy atom. The first-order chi connectivity index (χ1) is 30.7. The minimum absolute atomic E-state index is 0.519. The van der Waals surface area contributed by atoms with E-state index in [1.165, 1.54) is 55.3 Å². The molecule has 0 saturated heterocycles. The summed E-state index contributed by atoms with van der Waals surface area (Å²) in [4.78, 5) is 15.0. The van der Waals surface area contributed by atoms with E-state index in [0.717, 1.165) is 33.4 Å². The molecule has 2 aromatic heterocycles. The maximum atomic E-state index is 5.04. The van der Waals surface area contributed by atoms with Gasteiger partial charge in [0.1, 0.15) is 0 Å². The van der Waals surface area contributed by atoms with Crippen LogP contribution in [0.4, 0.5) is 0 Å². The van der Waals surface area contributed by atoms with Crippen molar-refractivity contribution in [2.45, 2.75) is 5.41 Å². The highest BCUT2D eigenvalue weighted by Crippen LogP contribution is 2.57. The van der Waals surface area contributed by atoms with Crippen LogP contribution >= 0.6 is 0 Å². The Morgan fingerprint density at radius 2 is 0.758 bits per heavy atom. The number of rotatable bonds is 7. The van der Waals surface area contributed by atoms with Crippen LogP contribution in [-0.4, -0.2) is 19.5 Å². The molecule has 0 spiro atoms. The Labute approximate surface area is 360 Å². The molecule has 0 amide bonds. The molecule has 4 nitrogen and oxygen atoms in total. The molecule has 62 heavy (non-hydrogen) atoms. The van der Waals surface area contributed by atoms with E-state index in [-0.39, 0.29) is 0 Å². The summed E-state index contributed by atoms with van der Waals surface area (Å²) in [6.45, 7) is 0. The van der Waals surface area contributed by atoms with Crippen LogP contribution in [0.3, 0.4) is 0 Å². The highest BCUT2D eigenvalue weighted by atomic mass is 15.0. The van der Waals surface area contributed by atoms with Gasteiger partial charge in [-0.2, -0.15) is 0 Å². The van der Waals surface area contributed by atoms with Crippen LogP contribution in [0.2, 0.25) is 0 Å². The molecule has 0 atom stereocenters. The third-order valence-electron chi connectivity index (χ3n) is 12.5. The highest BCUT2D eigenvalue weighted by molar-refractivity contribution is 6.13. The van der Waals surface area contributed by atoms with Gasteiger partial charge in [0.2, 0.25) is 0 Å². The molecule has 0 N–H and O–H groups in total. The average Bonchev–Trinajstić information content (AvgIpc) is 3.84. The van der Waals surface area contributed by atoms with Crippen LogP contribution in [0.1, 0.15) is 22.3 Å². The fourth-order valence-electron chi connectivity index (χ4n) is 9.74. The first-order valence-corrected chi connectivity index (χ1v) is 21.1. The Hall–Kier alpha value is -8.21. The molecule has 290 valence electrons. The molecule has 0 fully saturated rings. The normalized spacial score (nSPS) is 12.6. The predicted molar refractivity (Wildman–Crippen MR) is 253 cm³/mol. The number of hydrogen-bond acceptors (Lipinski definition) is 3. The molecule has 0 saturated carbocycles. The summed E-state index contributed by atoms with van der Waals surface area (Å²) in [5.41, 5.74) is 15.6. The van der Waals surface area contributed by atoms with E-state index in [1.54, 1.807) is 0 Å². The molecule has 11 aromatic rings. The number of hydrogen-bond donors (Lipinski definition) is 0. The zero-order valence-corrected chi connectivity index (χ0v) is 33.7. The van der Waals surface area contributed by atoms with Crippen molar-refractivity contribution in [1.29, 1.82) is 0 Å². The third kappa shape index (κ3) is 5.65. The van der Waals surface area contributed by atoms with Crippen LogP contribution < -0.4 is 0 Å². The summed E-state index contributed by atoms with van der Waals surface area (Å²) in [7, 11) is 0. The Morgan fingerprint density at radius 1 is 0.306 bits per heavy atom. The van der Waals surface area contributed by atoms with Crippen molar-refractivity contribution in [2.75, 3.05) is 0 Å². The van der Waals surface area contributed by atoms with Crippen LogP contribution in [0.15, 0.2) is 231 Å². The third-order valence-corrected chi connectivity index (χ3v) is 12.5. The van der Waals surface area contributed by atoms with E-state index in [2.05, 4.69) is 174 Å². The topological polar surface area (TPSA) is 43.6 Å². The van der Waals surface area contributed by atoms with Gasteiger partial charge in [0.05, 0.1) is 16.4 Å². The average molecular weight is 791 g/mol. The maximum absolute atomic E-state index is 5.04. The molecule has 1 aliphatic rings. The zero-order chi connectivity index (χ0) is 41.0. The van der Waals surface area contributed by atoms with Crippen molar-refractivity contribution in [3.8, 4) is 62.1 Å². The van der Waals surface area contributed by atoms with E-state index in [4.69, 9.17) is 15.0 Å². The minimum atomic E-state index is -0.519. The molecular weight excluding hydrogens is 753 g/mol. The van der Waals surface area contributed by atoms with E-state index in [9.17, 15) is 0 Å². The highest BCUT2D eigenvalue weighted by Gasteiger charge is 2.46. The first-order valence-electron chi connectivity index (χ1n) is 21.1. The van der Waals surface area contributed by atoms with Gasteiger partial charge in [0.25, 0.3) is 0 Å². The van der Waals surface area contributed by atoms with Crippen molar-refractivity contribution in [1.82, 2.24) is 19.5 Å². The molecule has 4 heteroatoms. The first kappa shape index (κ1) is 35.7. The second kappa shape index (κ2) is 14.5. The van der Waals surface area contributed by atoms with E-state index in [0.29, 0.717) is 17.5 Å². The van der Waals surface area contributed by atoms with Gasteiger partial charge in [0, 0.05) is 33.2 Å². The fourth-order valence-corrected chi connectivity index (χ4v) is 9.74. The summed E-state index contributed by atoms with van der Waals surface area (Å²) in [5.74, 6) is 1.91. The van der Waals surface area contributed by atoms with Crippen molar-refractivity contribution in [2.24, 2.45) is 0 Å². The van der Waals surface area contributed by atoms with Gasteiger partial charge in [-0.25, -0.2) is 15.0 Å². The van der Waals surface area contributed by atoms with Gasteiger partial charge in [0.15, 0.2) is 17.5 Å². The second-order valence-corrected chi connectivity index (χ2v) is 16.0. The lowest BCUT2D eigenvalue weighted by Gasteiger charge is -2.34. The maximum Gasteiger partial charge on any atom is 0.164 e. The SMILES string of the molecule is c1ccc(-c2ccc3c4cc5c(cc4n(-c4ccc(-c6nc(-c7ccccc7)nc(-c7ccccc7)n6)cc4)c3c2)C(c2ccccc2)(c2ccccc2)c2ccccc2-5)cc1.